The van der Waals surface area contributed by atoms with Gasteiger partial charge in [0.2, 0.25) is 0 Å². The lowest BCUT2D eigenvalue weighted by molar-refractivity contribution is 0.523. The van der Waals surface area contributed by atoms with Crippen molar-refractivity contribution in [2.24, 2.45) is 0 Å². The molecule has 3 nitrogen and oxygen atoms in total. The SMILES string of the molecule is N#Cc1ncccc1C1CN(c2ccccc2)C1. The molecule has 88 valence electrons. The highest BCUT2D eigenvalue weighted by molar-refractivity contribution is 5.51. The lowest BCUT2D eigenvalue weighted by Crippen LogP contribution is -2.45. The summed E-state index contributed by atoms with van der Waals surface area (Å²) in [6, 6.07) is 16.4. The first kappa shape index (κ1) is 10.8. The third-order valence-corrected chi connectivity index (χ3v) is 3.39. The molecule has 0 amide bonds. The van der Waals surface area contributed by atoms with Crippen LogP contribution in [0.2, 0.25) is 0 Å². The summed E-state index contributed by atoms with van der Waals surface area (Å²) in [6.45, 7) is 1.93. The minimum atomic E-state index is 0.425. The molecule has 0 spiro atoms. The number of hydrogen-bond donors (Lipinski definition) is 0. The van der Waals surface area contributed by atoms with Gasteiger partial charge in [0, 0.05) is 30.9 Å². The van der Waals surface area contributed by atoms with Crippen LogP contribution in [0.4, 0.5) is 5.69 Å². The van der Waals surface area contributed by atoms with Gasteiger partial charge in [-0.1, -0.05) is 24.3 Å². The zero-order valence-electron chi connectivity index (χ0n) is 9.95. The summed E-state index contributed by atoms with van der Waals surface area (Å²) >= 11 is 0. The Hall–Kier alpha value is -2.34. The van der Waals surface area contributed by atoms with Crippen molar-refractivity contribution >= 4 is 5.69 Å². The van der Waals surface area contributed by atoms with E-state index in [0.29, 0.717) is 11.6 Å². The average molecular weight is 235 g/mol. The molecule has 0 atom stereocenters. The fourth-order valence-electron chi connectivity index (χ4n) is 2.37. The van der Waals surface area contributed by atoms with E-state index in [-0.39, 0.29) is 0 Å². The van der Waals surface area contributed by atoms with Crippen molar-refractivity contribution in [2.75, 3.05) is 18.0 Å². The van der Waals surface area contributed by atoms with Gasteiger partial charge >= 0.3 is 0 Å². The van der Waals surface area contributed by atoms with Crippen LogP contribution in [0, 0.1) is 11.3 Å². The van der Waals surface area contributed by atoms with Crippen LogP contribution >= 0.6 is 0 Å². The molecule has 0 aliphatic carbocycles. The third-order valence-electron chi connectivity index (χ3n) is 3.39. The van der Waals surface area contributed by atoms with Crippen molar-refractivity contribution in [1.29, 1.82) is 5.26 Å². The molecule has 18 heavy (non-hydrogen) atoms. The summed E-state index contributed by atoms with van der Waals surface area (Å²) in [5.74, 6) is 0.425. The summed E-state index contributed by atoms with van der Waals surface area (Å²) in [6.07, 6.45) is 1.68. The molecule has 1 aliphatic heterocycles. The van der Waals surface area contributed by atoms with Gasteiger partial charge < -0.3 is 4.90 Å². The lowest BCUT2D eigenvalue weighted by atomic mass is 9.90. The maximum absolute atomic E-state index is 9.04. The van der Waals surface area contributed by atoms with Gasteiger partial charge in [0.15, 0.2) is 0 Å². The monoisotopic (exact) mass is 235 g/mol. The van der Waals surface area contributed by atoms with E-state index < -0.39 is 0 Å². The van der Waals surface area contributed by atoms with Gasteiger partial charge in [0.05, 0.1) is 0 Å². The van der Waals surface area contributed by atoms with Crippen LogP contribution in [-0.2, 0) is 0 Å². The molecule has 1 saturated heterocycles. The Morgan fingerprint density at radius 3 is 2.61 bits per heavy atom. The second-order valence-electron chi connectivity index (χ2n) is 4.49. The van der Waals surface area contributed by atoms with Gasteiger partial charge in [0.25, 0.3) is 0 Å². The minimum Gasteiger partial charge on any atom is -0.370 e. The first-order chi connectivity index (χ1) is 8.88. The third kappa shape index (κ3) is 1.82. The minimum absolute atomic E-state index is 0.425. The maximum atomic E-state index is 9.04. The van der Waals surface area contributed by atoms with E-state index in [1.54, 1.807) is 6.20 Å². The predicted octanol–water partition coefficient (Wildman–Crippen LogP) is 2.56. The quantitative estimate of drug-likeness (QED) is 0.803. The summed E-state index contributed by atoms with van der Waals surface area (Å²) in [5, 5.41) is 9.04. The van der Waals surface area contributed by atoms with Crippen LogP contribution < -0.4 is 4.90 Å². The molecule has 2 heterocycles. The molecule has 2 aromatic rings. The van der Waals surface area contributed by atoms with E-state index in [4.69, 9.17) is 5.26 Å². The summed E-state index contributed by atoms with van der Waals surface area (Å²) in [4.78, 5) is 6.44. The van der Waals surface area contributed by atoms with Gasteiger partial charge in [0.1, 0.15) is 11.8 Å². The molecule has 1 aromatic carbocycles. The van der Waals surface area contributed by atoms with Crippen molar-refractivity contribution in [3.05, 3.63) is 59.9 Å². The Balaban J connectivity index is 1.75. The van der Waals surface area contributed by atoms with E-state index in [9.17, 15) is 0 Å². The smallest absolute Gasteiger partial charge is 0.144 e. The number of nitriles is 1. The van der Waals surface area contributed by atoms with Crippen molar-refractivity contribution < 1.29 is 0 Å². The number of para-hydroxylation sites is 1. The first-order valence-electron chi connectivity index (χ1n) is 6.03. The zero-order chi connectivity index (χ0) is 12.4. The molecule has 0 bridgehead atoms. The number of nitrogens with zero attached hydrogens (tertiary/aromatic N) is 3. The molecule has 0 saturated carbocycles. The van der Waals surface area contributed by atoms with Crippen molar-refractivity contribution in [3.8, 4) is 6.07 Å². The number of rotatable bonds is 2. The van der Waals surface area contributed by atoms with Crippen LogP contribution in [0.15, 0.2) is 48.7 Å². The van der Waals surface area contributed by atoms with Crippen LogP contribution in [0.1, 0.15) is 17.2 Å². The average Bonchev–Trinajstić information content (AvgIpc) is 2.39. The summed E-state index contributed by atoms with van der Waals surface area (Å²) in [5.41, 5.74) is 2.89. The molecule has 0 radical (unpaired) electrons. The maximum Gasteiger partial charge on any atom is 0.144 e. The number of anilines is 1. The van der Waals surface area contributed by atoms with E-state index in [2.05, 4.69) is 28.1 Å². The van der Waals surface area contributed by atoms with Crippen molar-refractivity contribution in [3.63, 3.8) is 0 Å². The Labute approximate surface area is 106 Å². The Bertz CT molecular complexity index is 580. The van der Waals surface area contributed by atoms with E-state index in [0.717, 1.165) is 18.7 Å². The van der Waals surface area contributed by atoms with E-state index >= 15 is 0 Å². The fraction of sp³-hybridized carbons (Fsp3) is 0.200. The zero-order valence-corrected chi connectivity index (χ0v) is 9.95. The summed E-state index contributed by atoms with van der Waals surface area (Å²) < 4.78 is 0. The van der Waals surface area contributed by atoms with Gasteiger partial charge in [-0.05, 0) is 23.8 Å². The normalized spacial score (nSPS) is 14.9. The number of pyridine rings is 1. The van der Waals surface area contributed by atoms with Gasteiger partial charge in [-0.2, -0.15) is 5.26 Å². The molecule has 0 unspecified atom stereocenters. The van der Waals surface area contributed by atoms with Crippen LogP contribution in [0.5, 0.6) is 0 Å². The molecular weight excluding hydrogens is 222 g/mol. The number of hydrogen-bond acceptors (Lipinski definition) is 3. The molecule has 3 rings (SSSR count). The van der Waals surface area contributed by atoms with Crippen LogP contribution in [0.3, 0.4) is 0 Å². The molecule has 0 N–H and O–H groups in total. The Morgan fingerprint density at radius 2 is 1.89 bits per heavy atom. The highest BCUT2D eigenvalue weighted by Gasteiger charge is 2.30. The molecule has 3 heteroatoms. The number of aromatic nitrogens is 1. The molecular formula is C15H13N3. The topological polar surface area (TPSA) is 39.9 Å². The Kier molecular flexibility index (Phi) is 2.70. The molecule has 1 fully saturated rings. The fourth-order valence-corrected chi connectivity index (χ4v) is 2.37. The van der Waals surface area contributed by atoms with Gasteiger partial charge in [-0.15, -0.1) is 0 Å². The largest absolute Gasteiger partial charge is 0.370 e. The highest BCUT2D eigenvalue weighted by Crippen LogP contribution is 2.32. The first-order valence-corrected chi connectivity index (χ1v) is 6.03. The van der Waals surface area contributed by atoms with Crippen molar-refractivity contribution in [1.82, 2.24) is 4.98 Å². The van der Waals surface area contributed by atoms with Gasteiger partial charge in [-0.25, -0.2) is 4.98 Å². The summed E-state index contributed by atoms with van der Waals surface area (Å²) in [7, 11) is 0. The van der Waals surface area contributed by atoms with Crippen LogP contribution in [0.25, 0.3) is 0 Å². The highest BCUT2D eigenvalue weighted by atomic mass is 15.2. The second kappa shape index (κ2) is 4.50. The van der Waals surface area contributed by atoms with Crippen LogP contribution in [-0.4, -0.2) is 18.1 Å². The van der Waals surface area contributed by atoms with E-state index in [1.165, 1.54) is 5.69 Å². The molecule has 1 aliphatic rings. The standard InChI is InChI=1S/C15H13N3/c16-9-15-14(7-4-8-17-15)12-10-18(11-12)13-5-2-1-3-6-13/h1-8,12H,10-11H2. The number of benzene rings is 1. The van der Waals surface area contributed by atoms with E-state index in [1.807, 2.05) is 30.3 Å². The predicted molar refractivity (Wildman–Crippen MR) is 70.3 cm³/mol. The Morgan fingerprint density at radius 1 is 1.11 bits per heavy atom. The lowest BCUT2D eigenvalue weighted by Gasteiger charge is -2.41. The van der Waals surface area contributed by atoms with Gasteiger partial charge in [-0.3, -0.25) is 0 Å². The molecule has 1 aromatic heterocycles. The second-order valence-corrected chi connectivity index (χ2v) is 4.49. The van der Waals surface area contributed by atoms with Crippen molar-refractivity contribution in [2.45, 2.75) is 5.92 Å².